The van der Waals surface area contributed by atoms with Crippen molar-refractivity contribution in [3.63, 3.8) is 0 Å². The van der Waals surface area contributed by atoms with Crippen molar-refractivity contribution in [2.24, 2.45) is 11.8 Å². The molecule has 0 bridgehead atoms. The zero-order valence-corrected chi connectivity index (χ0v) is 20.3. The van der Waals surface area contributed by atoms with E-state index >= 15 is 0 Å². The molecular weight excluding hydrogens is 424 g/mol. The molecular formula is C24H34N4O5. The van der Waals surface area contributed by atoms with Crippen LogP contribution in [0.4, 0.5) is 4.79 Å². The number of nitrogens with one attached hydrogen (secondary N) is 1. The number of aromatic nitrogens is 2. The predicted molar refractivity (Wildman–Crippen MR) is 124 cm³/mol. The monoisotopic (exact) mass is 458 g/mol. The highest BCUT2D eigenvalue weighted by atomic mass is 16.6. The first-order valence-electron chi connectivity index (χ1n) is 11.3. The van der Waals surface area contributed by atoms with E-state index in [2.05, 4.69) is 9.97 Å². The van der Waals surface area contributed by atoms with Crippen molar-refractivity contribution in [3.8, 4) is 0 Å². The molecule has 0 saturated carbocycles. The summed E-state index contributed by atoms with van der Waals surface area (Å²) in [6, 6.07) is 7.06. The number of ether oxygens (including phenoxy) is 2. The van der Waals surface area contributed by atoms with E-state index in [1.54, 1.807) is 25.7 Å². The van der Waals surface area contributed by atoms with E-state index < -0.39 is 29.6 Å². The van der Waals surface area contributed by atoms with Gasteiger partial charge in [0, 0.05) is 19.6 Å². The number of carbonyl (C=O) groups excluding carboxylic acids is 3. The number of hydrogen-bond acceptors (Lipinski definition) is 6. The highest BCUT2D eigenvalue weighted by Crippen LogP contribution is 2.26. The Kier molecular flexibility index (Phi) is 7.29. The molecule has 9 nitrogen and oxygen atoms in total. The minimum atomic E-state index is -0.674. The van der Waals surface area contributed by atoms with Gasteiger partial charge in [0.25, 0.3) is 5.91 Å². The third-order valence-electron chi connectivity index (χ3n) is 5.47. The second-order valence-corrected chi connectivity index (χ2v) is 9.95. The first-order valence-corrected chi connectivity index (χ1v) is 11.3. The molecule has 1 saturated heterocycles. The Labute approximate surface area is 194 Å². The van der Waals surface area contributed by atoms with E-state index in [0.29, 0.717) is 18.5 Å². The van der Waals surface area contributed by atoms with Crippen LogP contribution in [0.5, 0.6) is 0 Å². The Hall–Kier alpha value is -3.10. The fourth-order valence-corrected chi connectivity index (χ4v) is 4.09. The van der Waals surface area contributed by atoms with Crippen LogP contribution in [0.25, 0.3) is 11.0 Å². The number of nitrogens with zero attached hydrogens (tertiary/aromatic N) is 3. The maximum atomic E-state index is 13.6. The van der Waals surface area contributed by atoms with Gasteiger partial charge in [-0.05, 0) is 45.2 Å². The SMILES string of the molecule is COC(=O)C1C[C@H](N(CC(C)C)C(=O)c2nc3ccccc3[nH]2)CN(C(=O)OC(C)(C)C)C1. The van der Waals surface area contributed by atoms with Gasteiger partial charge in [0.15, 0.2) is 5.82 Å². The van der Waals surface area contributed by atoms with Crippen LogP contribution in [0.1, 0.15) is 51.7 Å². The Bertz CT molecular complexity index is 977. The summed E-state index contributed by atoms with van der Waals surface area (Å²) < 4.78 is 10.5. The van der Waals surface area contributed by atoms with Crippen LogP contribution in [0.15, 0.2) is 24.3 Å². The molecule has 1 unspecified atom stereocenters. The number of H-pyrrole nitrogens is 1. The van der Waals surface area contributed by atoms with Crippen LogP contribution >= 0.6 is 0 Å². The number of methoxy groups -OCH3 is 1. The van der Waals surface area contributed by atoms with Gasteiger partial charge >= 0.3 is 12.1 Å². The van der Waals surface area contributed by atoms with Crippen LogP contribution in [-0.2, 0) is 14.3 Å². The maximum absolute atomic E-state index is 13.6. The van der Waals surface area contributed by atoms with Crippen molar-refractivity contribution in [1.29, 1.82) is 0 Å². The van der Waals surface area contributed by atoms with Crippen LogP contribution in [0.3, 0.4) is 0 Å². The highest BCUT2D eigenvalue weighted by Gasteiger charge is 2.40. The van der Waals surface area contributed by atoms with E-state index in [-0.39, 0.29) is 30.7 Å². The van der Waals surface area contributed by atoms with Gasteiger partial charge < -0.3 is 24.3 Å². The zero-order chi connectivity index (χ0) is 24.3. The summed E-state index contributed by atoms with van der Waals surface area (Å²) in [6.07, 6.45) is -0.119. The number of piperidine rings is 1. The lowest BCUT2D eigenvalue weighted by Gasteiger charge is -2.42. The number of imidazole rings is 1. The van der Waals surface area contributed by atoms with Crippen LogP contribution < -0.4 is 0 Å². The van der Waals surface area contributed by atoms with Gasteiger partial charge in [0.05, 0.1) is 30.1 Å². The lowest BCUT2D eigenvalue weighted by Crippen LogP contribution is -2.57. The smallest absolute Gasteiger partial charge is 0.410 e. The topological polar surface area (TPSA) is 105 Å². The van der Waals surface area contributed by atoms with Crippen molar-refractivity contribution >= 4 is 29.0 Å². The molecule has 3 rings (SSSR count). The summed E-state index contributed by atoms with van der Waals surface area (Å²) in [5.41, 5.74) is 0.806. The summed E-state index contributed by atoms with van der Waals surface area (Å²) in [6.45, 7) is 10.3. The normalized spacial score (nSPS) is 18.9. The molecule has 33 heavy (non-hydrogen) atoms. The van der Waals surface area contributed by atoms with Crippen molar-refractivity contribution in [2.45, 2.75) is 52.7 Å². The van der Waals surface area contributed by atoms with Gasteiger partial charge in [-0.15, -0.1) is 0 Å². The standard InChI is InChI=1S/C24H34N4O5/c1-15(2)12-28(21(29)20-25-18-9-7-8-10-19(18)26-20)17-11-16(22(30)32-6)13-27(14-17)23(31)33-24(3,4)5/h7-10,15-17H,11-14H2,1-6H3,(H,25,26)/t16?,17-/m0/s1. The van der Waals surface area contributed by atoms with E-state index in [0.717, 1.165) is 5.52 Å². The highest BCUT2D eigenvalue weighted by molar-refractivity contribution is 5.94. The molecule has 1 fully saturated rings. The number of esters is 1. The summed E-state index contributed by atoms with van der Waals surface area (Å²) in [5, 5.41) is 0. The van der Waals surface area contributed by atoms with E-state index in [1.165, 1.54) is 12.0 Å². The van der Waals surface area contributed by atoms with Crippen molar-refractivity contribution in [1.82, 2.24) is 19.8 Å². The fraction of sp³-hybridized carbons (Fsp3) is 0.583. The zero-order valence-electron chi connectivity index (χ0n) is 20.3. The molecule has 1 aromatic carbocycles. The second kappa shape index (κ2) is 9.80. The molecule has 1 aromatic heterocycles. The predicted octanol–water partition coefficient (Wildman–Crippen LogP) is 3.46. The molecule has 180 valence electrons. The molecule has 2 amide bonds. The molecule has 2 heterocycles. The van der Waals surface area contributed by atoms with Gasteiger partial charge in [0.1, 0.15) is 5.60 Å². The third kappa shape index (κ3) is 6.03. The average Bonchev–Trinajstić information content (AvgIpc) is 3.19. The molecule has 0 radical (unpaired) electrons. The maximum Gasteiger partial charge on any atom is 0.410 e. The molecule has 9 heteroatoms. The van der Waals surface area contributed by atoms with Gasteiger partial charge in [0.2, 0.25) is 0 Å². The minimum absolute atomic E-state index is 0.173. The van der Waals surface area contributed by atoms with E-state index in [9.17, 15) is 14.4 Å². The van der Waals surface area contributed by atoms with Gasteiger partial charge in [-0.2, -0.15) is 0 Å². The number of likely N-dealkylation sites (tertiary alicyclic amines) is 1. The van der Waals surface area contributed by atoms with Gasteiger partial charge in [-0.1, -0.05) is 26.0 Å². The fourth-order valence-electron chi connectivity index (χ4n) is 4.09. The number of benzene rings is 1. The first-order chi connectivity index (χ1) is 15.5. The molecule has 2 atom stereocenters. The molecule has 1 aliphatic rings. The molecule has 1 N–H and O–H groups in total. The molecule has 0 spiro atoms. The van der Waals surface area contributed by atoms with Crippen LogP contribution in [0, 0.1) is 11.8 Å². The van der Waals surface area contributed by atoms with E-state index in [4.69, 9.17) is 9.47 Å². The van der Waals surface area contributed by atoms with Crippen molar-refractivity contribution in [3.05, 3.63) is 30.1 Å². The minimum Gasteiger partial charge on any atom is -0.469 e. The Morgan fingerprint density at radius 3 is 2.52 bits per heavy atom. The number of aromatic amines is 1. The Morgan fingerprint density at radius 1 is 1.21 bits per heavy atom. The van der Waals surface area contributed by atoms with Crippen LogP contribution in [-0.4, -0.2) is 76.1 Å². The summed E-state index contributed by atoms with van der Waals surface area (Å²) in [7, 11) is 1.33. The number of hydrogen-bond donors (Lipinski definition) is 1. The largest absolute Gasteiger partial charge is 0.469 e. The third-order valence-corrected chi connectivity index (χ3v) is 5.47. The summed E-state index contributed by atoms with van der Waals surface area (Å²) in [5.74, 6) is -0.819. The summed E-state index contributed by atoms with van der Waals surface area (Å²) in [4.78, 5) is 49.7. The lowest BCUT2D eigenvalue weighted by molar-refractivity contribution is -0.148. The van der Waals surface area contributed by atoms with E-state index in [1.807, 2.05) is 38.1 Å². The van der Waals surface area contributed by atoms with Gasteiger partial charge in [-0.25, -0.2) is 9.78 Å². The number of carbonyl (C=O) groups is 3. The average molecular weight is 459 g/mol. The number of amides is 2. The summed E-state index contributed by atoms with van der Waals surface area (Å²) >= 11 is 0. The Balaban J connectivity index is 1.92. The number of fused-ring (bicyclic) bond motifs is 1. The van der Waals surface area contributed by atoms with Crippen molar-refractivity contribution < 1.29 is 23.9 Å². The molecule has 1 aliphatic heterocycles. The quantitative estimate of drug-likeness (QED) is 0.688. The molecule has 2 aromatic rings. The number of para-hydroxylation sites is 2. The first kappa shape index (κ1) is 24.5. The van der Waals surface area contributed by atoms with Gasteiger partial charge in [-0.3, -0.25) is 9.59 Å². The second-order valence-electron chi connectivity index (χ2n) is 9.95. The van der Waals surface area contributed by atoms with Crippen LogP contribution in [0.2, 0.25) is 0 Å². The molecule has 0 aliphatic carbocycles. The Morgan fingerprint density at radius 2 is 1.91 bits per heavy atom. The number of rotatable bonds is 5. The van der Waals surface area contributed by atoms with Crippen molar-refractivity contribution in [2.75, 3.05) is 26.7 Å². The lowest BCUT2D eigenvalue weighted by atomic mass is 9.92.